The van der Waals surface area contributed by atoms with Crippen LogP contribution in [0.1, 0.15) is 25.7 Å². The summed E-state index contributed by atoms with van der Waals surface area (Å²) in [6.45, 7) is 0. The first-order valence-electron chi connectivity index (χ1n) is 5.80. The maximum Gasteiger partial charge on any atom is 0.306 e. The molecule has 1 saturated carbocycles. The molecule has 2 rings (SSSR count). The van der Waals surface area contributed by atoms with Crippen molar-refractivity contribution in [3.8, 4) is 5.75 Å². The van der Waals surface area contributed by atoms with Crippen LogP contribution in [0.2, 0.25) is 0 Å². The van der Waals surface area contributed by atoms with Crippen LogP contribution in [0.5, 0.6) is 5.75 Å². The maximum atomic E-state index is 12.9. The van der Waals surface area contributed by atoms with Gasteiger partial charge >= 0.3 is 5.97 Å². The minimum absolute atomic E-state index is 0.00685. The fourth-order valence-corrected chi connectivity index (χ4v) is 2.16. The van der Waals surface area contributed by atoms with Gasteiger partial charge in [0.2, 0.25) is 0 Å². The number of carboxylic acids is 1. The molecule has 0 amide bonds. The predicted octanol–water partition coefficient (Wildman–Crippen LogP) is 2.85. The van der Waals surface area contributed by atoms with E-state index in [0.717, 1.165) is 0 Å². The van der Waals surface area contributed by atoms with Crippen molar-refractivity contribution in [3.63, 3.8) is 0 Å². The summed E-state index contributed by atoms with van der Waals surface area (Å²) < 4.78 is 18.6. The van der Waals surface area contributed by atoms with E-state index in [1.807, 2.05) is 0 Å². The number of ether oxygens (including phenoxy) is 1. The molecule has 0 aromatic heterocycles. The summed E-state index contributed by atoms with van der Waals surface area (Å²) in [5.41, 5.74) is 0. The van der Waals surface area contributed by atoms with Gasteiger partial charge in [-0.2, -0.15) is 0 Å². The third-order valence-corrected chi connectivity index (χ3v) is 3.12. The number of rotatable bonds is 3. The maximum absolute atomic E-state index is 12.9. The number of carboxylic acid groups (broad SMARTS) is 1. The molecule has 0 atom stereocenters. The minimum Gasteiger partial charge on any atom is -0.490 e. The summed E-state index contributed by atoms with van der Waals surface area (Å²) in [7, 11) is 0. The van der Waals surface area contributed by atoms with Gasteiger partial charge in [0.25, 0.3) is 0 Å². The van der Waals surface area contributed by atoms with Gasteiger partial charge in [-0.1, -0.05) is 6.07 Å². The molecule has 0 bridgehead atoms. The molecule has 0 heterocycles. The van der Waals surface area contributed by atoms with E-state index in [2.05, 4.69) is 0 Å². The lowest BCUT2D eigenvalue weighted by atomic mass is 9.87. The van der Waals surface area contributed by atoms with E-state index >= 15 is 0 Å². The second-order valence-electron chi connectivity index (χ2n) is 4.39. The molecule has 92 valence electrons. The lowest BCUT2D eigenvalue weighted by molar-refractivity contribution is -0.143. The minimum atomic E-state index is -0.728. The highest BCUT2D eigenvalue weighted by Crippen LogP contribution is 2.27. The van der Waals surface area contributed by atoms with Crippen molar-refractivity contribution >= 4 is 5.97 Å². The highest BCUT2D eigenvalue weighted by molar-refractivity contribution is 5.70. The fraction of sp³-hybridized carbons (Fsp3) is 0.462. The monoisotopic (exact) mass is 238 g/mol. The Morgan fingerprint density at radius 3 is 2.59 bits per heavy atom. The molecule has 1 fully saturated rings. The van der Waals surface area contributed by atoms with Gasteiger partial charge in [0.1, 0.15) is 11.6 Å². The molecule has 1 aromatic rings. The van der Waals surface area contributed by atoms with Crippen LogP contribution in [0.15, 0.2) is 24.3 Å². The number of aliphatic carboxylic acids is 1. The van der Waals surface area contributed by atoms with Crippen molar-refractivity contribution in [1.29, 1.82) is 0 Å². The number of hydrogen-bond acceptors (Lipinski definition) is 2. The van der Waals surface area contributed by atoms with Gasteiger partial charge in [0.05, 0.1) is 12.0 Å². The van der Waals surface area contributed by atoms with Crippen LogP contribution in [-0.4, -0.2) is 17.2 Å². The van der Waals surface area contributed by atoms with Crippen molar-refractivity contribution < 1.29 is 19.0 Å². The van der Waals surface area contributed by atoms with Gasteiger partial charge in [-0.15, -0.1) is 0 Å². The zero-order chi connectivity index (χ0) is 12.3. The largest absolute Gasteiger partial charge is 0.490 e. The lowest BCUT2D eigenvalue weighted by Crippen LogP contribution is -2.27. The normalized spacial score (nSPS) is 24.3. The van der Waals surface area contributed by atoms with Crippen LogP contribution < -0.4 is 4.74 Å². The van der Waals surface area contributed by atoms with Crippen LogP contribution in [-0.2, 0) is 4.79 Å². The highest BCUT2D eigenvalue weighted by Gasteiger charge is 2.26. The Hall–Kier alpha value is -1.58. The number of halogens is 1. The molecule has 1 aliphatic rings. The van der Waals surface area contributed by atoms with Crippen LogP contribution in [0.4, 0.5) is 4.39 Å². The Labute approximate surface area is 99.2 Å². The topological polar surface area (TPSA) is 46.5 Å². The quantitative estimate of drug-likeness (QED) is 0.880. The van der Waals surface area contributed by atoms with Gasteiger partial charge in [-0.05, 0) is 37.8 Å². The second kappa shape index (κ2) is 5.17. The average molecular weight is 238 g/mol. The van der Waals surface area contributed by atoms with Crippen molar-refractivity contribution in [2.75, 3.05) is 0 Å². The second-order valence-corrected chi connectivity index (χ2v) is 4.39. The summed E-state index contributed by atoms with van der Waals surface area (Å²) in [6.07, 6.45) is 2.71. The molecule has 0 spiro atoms. The molecule has 1 aliphatic carbocycles. The third-order valence-electron chi connectivity index (χ3n) is 3.12. The third kappa shape index (κ3) is 3.19. The van der Waals surface area contributed by atoms with E-state index in [9.17, 15) is 9.18 Å². The Balaban J connectivity index is 1.88. The molecule has 1 N–H and O–H groups in total. The molecule has 17 heavy (non-hydrogen) atoms. The van der Waals surface area contributed by atoms with E-state index in [1.54, 1.807) is 12.1 Å². The first-order chi connectivity index (χ1) is 8.15. The smallest absolute Gasteiger partial charge is 0.306 e. The molecule has 0 unspecified atom stereocenters. The summed E-state index contributed by atoms with van der Waals surface area (Å²) in [5, 5.41) is 8.86. The van der Waals surface area contributed by atoms with Gasteiger partial charge in [-0.3, -0.25) is 4.79 Å². The zero-order valence-corrected chi connectivity index (χ0v) is 9.43. The lowest BCUT2D eigenvalue weighted by Gasteiger charge is -2.26. The molecule has 0 radical (unpaired) electrons. The predicted molar refractivity (Wildman–Crippen MR) is 60.4 cm³/mol. The average Bonchev–Trinajstić information content (AvgIpc) is 2.29. The summed E-state index contributed by atoms with van der Waals surface area (Å²) >= 11 is 0. The van der Waals surface area contributed by atoms with E-state index in [1.165, 1.54) is 12.1 Å². The van der Waals surface area contributed by atoms with E-state index in [4.69, 9.17) is 9.84 Å². The van der Waals surface area contributed by atoms with E-state index in [0.29, 0.717) is 31.4 Å². The highest BCUT2D eigenvalue weighted by atomic mass is 19.1. The van der Waals surface area contributed by atoms with Crippen molar-refractivity contribution in [1.82, 2.24) is 0 Å². The van der Waals surface area contributed by atoms with Crippen LogP contribution >= 0.6 is 0 Å². The van der Waals surface area contributed by atoms with E-state index in [-0.39, 0.29) is 17.8 Å². The molecule has 4 heteroatoms. The van der Waals surface area contributed by atoms with E-state index < -0.39 is 5.97 Å². The van der Waals surface area contributed by atoms with Crippen molar-refractivity contribution in [2.45, 2.75) is 31.8 Å². The first-order valence-corrected chi connectivity index (χ1v) is 5.80. The Bertz CT molecular complexity index is 397. The zero-order valence-electron chi connectivity index (χ0n) is 9.43. The number of carbonyl (C=O) groups is 1. The van der Waals surface area contributed by atoms with Gasteiger partial charge < -0.3 is 9.84 Å². The number of hydrogen-bond donors (Lipinski definition) is 1. The Morgan fingerprint density at radius 2 is 2.00 bits per heavy atom. The van der Waals surface area contributed by atoms with Crippen LogP contribution in [0, 0.1) is 11.7 Å². The Kier molecular flexibility index (Phi) is 3.61. The number of benzene rings is 1. The molecule has 0 saturated heterocycles. The molecule has 3 nitrogen and oxygen atoms in total. The van der Waals surface area contributed by atoms with Gasteiger partial charge in [0, 0.05) is 6.07 Å². The molecule has 1 aromatic carbocycles. The molecular formula is C13H15FO3. The standard InChI is InChI=1S/C13H15FO3/c14-10-2-1-3-12(8-10)17-11-6-4-9(5-7-11)13(15)16/h1-3,8-9,11H,4-7H2,(H,15,16). The fourth-order valence-electron chi connectivity index (χ4n) is 2.16. The van der Waals surface area contributed by atoms with Crippen LogP contribution in [0.25, 0.3) is 0 Å². The summed E-state index contributed by atoms with van der Waals surface area (Å²) in [6, 6.07) is 6.04. The van der Waals surface area contributed by atoms with Gasteiger partial charge in [0.15, 0.2) is 0 Å². The van der Waals surface area contributed by atoms with Gasteiger partial charge in [-0.25, -0.2) is 4.39 Å². The first kappa shape index (κ1) is 11.9. The SMILES string of the molecule is O=C(O)C1CCC(Oc2cccc(F)c2)CC1. The molecule has 0 aliphatic heterocycles. The molecular weight excluding hydrogens is 223 g/mol. The Morgan fingerprint density at radius 1 is 1.29 bits per heavy atom. The summed E-state index contributed by atoms with van der Waals surface area (Å²) in [4.78, 5) is 10.8. The van der Waals surface area contributed by atoms with Crippen molar-refractivity contribution in [2.24, 2.45) is 5.92 Å². The summed E-state index contributed by atoms with van der Waals surface area (Å²) in [5.74, 6) is -0.776. The van der Waals surface area contributed by atoms with Crippen LogP contribution in [0.3, 0.4) is 0 Å². The van der Waals surface area contributed by atoms with Crippen molar-refractivity contribution in [3.05, 3.63) is 30.1 Å².